The Morgan fingerprint density at radius 1 is 0.445 bits per heavy atom. The van der Waals surface area contributed by atoms with E-state index < -0.39 is 0 Å². The molecule has 0 saturated heterocycles. The highest BCUT2D eigenvalue weighted by Gasteiger charge is 2.30. The molecule has 0 aliphatic heterocycles. The van der Waals surface area contributed by atoms with Crippen molar-refractivity contribution >= 4 is 140 Å². The average Bonchev–Trinajstić information content (AvgIpc) is 1.60. The van der Waals surface area contributed by atoms with E-state index in [-0.39, 0.29) is 0 Å². The number of anilines is 5. The van der Waals surface area contributed by atoms with Gasteiger partial charge in [-0.05, 0) is 213 Å². The Labute approximate surface area is 695 Å². The number of benzene rings is 15. The van der Waals surface area contributed by atoms with Crippen LogP contribution in [-0.4, -0.2) is 50.5 Å². The second-order valence-corrected chi connectivity index (χ2v) is 30.8. The number of methoxy groups -OCH3 is 1. The van der Waals surface area contributed by atoms with Gasteiger partial charge in [0.2, 0.25) is 0 Å². The molecular weight excluding hydrogens is 1480 g/mol. The van der Waals surface area contributed by atoms with Crippen LogP contribution in [0.5, 0.6) is 11.5 Å². The minimum absolute atomic E-state index is 0.377. The van der Waals surface area contributed by atoms with Crippen molar-refractivity contribution in [2.45, 2.75) is 20.0 Å². The first-order chi connectivity index (χ1) is 58.7. The third-order valence-corrected chi connectivity index (χ3v) is 23.8. The van der Waals surface area contributed by atoms with E-state index >= 15 is 0 Å². The van der Waals surface area contributed by atoms with Gasteiger partial charge in [0.05, 0.1) is 63.7 Å². The number of rotatable bonds is 19. The van der Waals surface area contributed by atoms with Gasteiger partial charge in [0, 0.05) is 91.9 Å². The SMILES string of the molecule is CN=C1C(c2ccc3c(c2)c2ccccc2n3C2=CCC(C)C=C2)=CC=C(N(c2ccc(-c3ccc(OC)cc3)cc2)c2ccc(-c3ccc(OCc4ccc(/C(=C(\N)c5ccc(N(c6ccccc6)c6ccc(-c7ccc8c9ccccc9n(-c9cccc%10ccccc9%10)c8c7)c7nsnc67)cc5)c5ccccc5)cc4)cc3)cc2)C1=NC. The molecule has 15 aromatic carbocycles. The third kappa shape index (κ3) is 13.5. The zero-order chi connectivity index (χ0) is 80.0. The first kappa shape index (κ1) is 72.9. The molecule has 119 heavy (non-hydrogen) atoms. The molecule has 3 heterocycles. The number of ether oxygens (including phenoxy) is 2. The summed E-state index contributed by atoms with van der Waals surface area (Å²) in [4.78, 5) is 14.7. The van der Waals surface area contributed by atoms with Crippen molar-refractivity contribution in [2.24, 2.45) is 21.6 Å². The van der Waals surface area contributed by atoms with Crippen molar-refractivity contribution in [1.82, 2.24) is 17.9 Å². The number of hydrogen-bond acceptors (Lipinski definition) is 10. The normalized spacial score (nSPS) is 14.5. The molecule has 0 saturated carbocycles. The van der Waals surface area contributed by atoms with Gasteiger partial charge in [-0.2, -0.15) is 8.75 Å². The molecule has 0 bridgehead atoms. The number of aromatic nitrogens is 4. The van der Waals surface area contributed by atoms with Crippen LogP contribution in [0.25, 0.3) is 127 Å². The molecule has 0 spiro atoms. The molecule has 2 aliphatic rings. The minimum Gasteiger partial charge on any atom is -0.497 e. The van der Waals surface area contributed by atoms with E-state index in [2.05, 4.69) is 366 Å². The lowest BCUT2D eigenvalue weighted by Crippen LogP contribution is -2.31. The molecule has 0 fully saturated rings. The highest BCUT2D eigenvalue weighted by Crippen LogP contribution is 2.46. The maximum atomic E-state index is 7.42. The van der Waals surface area contributed by atoms with Gasteiger partial charge in [-0.25, -0.2) is 0 Å². The first-order valence-electron chi connectivity index (χ1n) is 40.2. The van der Waals surface area contributed by atoms with Gasteiger partial charge in [0.1, 0.15) is 34.9 Å². The zero-order valence-electron chi connectivity index (χ0n) is 66.2. The topological polar surface area (TPSA) is 111 Å². The molecule has 1 atom stereocenters. The fourth-order valence-corrected chi connectivity index (χ4v) is 17.9. The fraction of sp³-hybridized carbons (Fsp3) is 0.0654. The van der Waals surface area contributed by atoms with Gasteiger partial charge < -0.3 is 34.1 Å². The van der Waals surface area contributed by atoms with Crippen LogP contribution in [0.4, 0.5) is 28.4 Å². The van der Waals surface area contributed by atoms with E-state index in [0.29, 0.717) is 18.2 Å². The van der Waals surface area contributed by atoms with Crippen LogP contribution in [0, 0.1) is 5.92 Å². The van der Waals surface area contributed by atoms with E-state index in [1.165, 1.54) is 60.8 Å². The van der Waals surface area contributed by atoms with E-state index in [0.717, 1.165) is 164 Å². The quantitative estimate of drug-likeness (QED) is 0.0634. The average molecular weight is 1560 g/mol. The van der Waals surface area contributed by atoms with Gasteiger partial charge in [0.15, 0.2) is 0 Å². The molecule has 18 aromatic rings. The smallest absolute Gasteiger partial charge is 0.129 e. The number of fused-ring (bicyclic) bond motifs is 8. The Balaban J connectivity index is 0.557. The van der Waals surface area contributed by atoms with Crippen LogP contribution in [0.3, 0.4) is 0 Å². The number of nitrogens with two attached hydrogens (primary N) is 1. The summed E-state index contributed by atoms with van der Waals surface area (Å²) in [5.74, 6) is 2.10. The Hall–Kier alpha value is -15.0. The van der Waals surface area contributed by atoms with Crippen LogP contribution in [0.2, 0.25) is 0 Å². The van der Waals surface area contributed by atoms with E-state index in [1.54, 1.807) is 7.11 Å². The molecule has 0 amide bonds. The molecule has 2 aliphatic carbocycles. The third-order valence-electron chi connectivity index (χ3n) is 23.3. The Kier molecular flexibility index (Phi) is 19.2. The van der Waals surface area contributed by atoms with Crippen molar-refractivity contribution < 1.29 is 9.47 Å². The molecule has 1 unspecified atom stereocenters. The van der Waals surface area contributed by atoms with E-state index in [4.69, 9.17) is 33.9 Å². The maximum Gasteiger partial charge on any atom is 0.129 e. The number of aliphatic imine (C=N–C) groups is 2. The fourth-order valence-electron chi connectivity index (χ4n) is 17.3. The predicted octanol–water partition coefficient (Wildman–Crippen LogP) is 26.7. The zero-order valence-corrected chi connectivity index (χ0v) is 67.0. The van der Waals surface area contributed by atoms with E-state index in [9.17, 15) is 0 Å². The van der Waals surface area contributed by atoms with Crippen molar-refractivity contribution in [2.75, 3.05) is 31.0 Å². The van der Waals surface area contributed by atoms with Crippen LogP contribution < -0.4 is 25.0 Å². The van der Waals surface area contributed by atoms with Crippen molar-refractivity contribution in [3.8, 4) is 50.6 Å². The van der Waals surface area contributed by atoms with E-state index in [1.807, 2.05) is 50.5 Å². The predicted molar refractivity (Wildman–Crippen MR) is 499 cm³/mol. The first-order valence-corrected chi connectivity index (χ1v) is 41.0. The summed E-state index contributed by atoms with van der Waals surface area (Å²) >= 11 is 1.23. The highest BCUT2D eigenvalue weighted by molar-refractivity contribution is 7.00. The van der Waals surface area contributed by atoms with Gasteiger partial charge in [-0.1, -0.05) is 244 Å². The summed E-state index contributed by atoms with van der Waals surface area (Å²) in [5.41, 5.74) is 37.4. The summed E-state index contributed by atoms with van der Waals surface area (Å²) in [5, 5.41) is 7.20. The largest absolute Gasteiger partial charge is 0.497 e. The van der Waals surface area contributed by atoms with Crippen molar-refractivity contribution in [1.29, 1.82) is 0 Å². The monoisotopic (exact) mass is 1560 g/mol. The van der Waals surface area contributed by atoms with Crippen LogP contribution in [0.1, 0.15) is 41.2 Å². The Bertz CT molecular complexity index is 7170. The second kappa shape index (κ2) is 31.3. The lowest BCUT2D eigenvalue weighted by Gasteiger charge is -2.31. The molecule has 20 rings (SSSR count). The van der Waals surface area contributed by atoms with Crippen LogP contribution in [-0.2, 0) is 6.61 Å². The summed E-state index contributed by atoms with van der Waals surface area (Å²) < 4.78 is 26.9. The molecule has 572 valence electrons. The van der Waals surface area contributed by atoms with Crippen molar-refractivity contribution in [3.05, 3.63) is 410 Å². The Morgan fingerprint density at radius 3 is 1.66 bits per heavy atom. The van der Waals surface area contributed by atoms with Crippen molar-refractivity contribution in [3.63, 3.8) is 0 Å². The summed E-state index contributed by atoms with van der Waals surface area (Å²) in [6.07, 6.45) is 12.4. The molecule has 3 aromatic heterocycles. The van der Waals surface area contributed by atoms with Gasteiger partial charge >= 0.3 is 0 Å². The number of allylic oxidation sites excluding steroid dienone is 8. The second-order valence-electron chi connectivity index (χ2n) is 30.3. The number of hydrogen-bond donors (Lipinski definition) is 1. The van der Waals surface area contributed by atoms with Gasteiger partial charge in [-0.3, -0.25) is 9.98 Å². The van der Waals surface area contributed by atoms with Gasteiger partial charge in [0.25, 0.3) is 0 Å². The highest BCUT2D eigenvalue weighted by atomic mass is 32.1. The molecule has 12 heteroatoms. The number of para-hydroxylation sites is 3. The summed E-state index contributed by atoms with van der Waals surface area (Å²) in [6, 6.07) is 123. The lowest BCUT2D eigenvalue weighted by molar-refractivity contribution is 0.306. The van der Waals surface area contributed by atoms with Gasteiger partial charge in [-0.15, -0.1) is 0 Å². The molecule has 11 nitrogen and oxygen atoms in total. The van der Waals surface area contributed by atoms with Crippen LogP contribution in [0.15, 0.2) is 392 Å². The molecule has 2 N–H and O–H groups in total. The lowest BCUT2D eigenvalue weighted by atomic mass is 9.90. The molecule has 0 radical (unpaired) electrons. The maximum absolute atomic E-state index is 7.42. The Morgan fingerprint density at radius 2 is 0.983 bits per heavy atom. The minimum atomic E-state index is 0.377. The number of nitrogens with zero attached hydrogens (tertiary/aromatic N) is 8. The molecular formula is C107H81N9O2S. The standard InChI is InChI=1S/C107H81N9O2S/c1-69-30-48-85(49-31-69)115-96-27-15-14-26-92(96)94-66-79(47-63-98(94)115)89-61-64-99(106(110-3)104(89)109-2)114(82-50-36-71(37-51-82)73-42-56-86(117-4)57-43-73)83-52-38-72(39-53-83)74-44-58-87(59-45-74)118-68-70-32-34-77(35-33-70)102(76-19-7-5-8-20-76)103(108)78-40-54-84(55-41-78)113(81-22-9-6-10-23-81)100-65-62-90(105-107(100)112-119-111-105)80-46-60-93-91-25-13-16-28-97(91)116(101(93)67-80)95-29-17-21-75-18-11-12-24-88(75)95/h5-30,32-67,69H,31,68,108H2,1-4H3/b103-102-,109-104?,110-106?. The van der Waals surface area contributed by atoms with Crippen LogP contribution >= 0.6 is 11.7 Å². The summed E-state index contributed by atoms with van der Waals surface area (Å²) in [6.45, 7) is 2.64. The summed E-state index contributed by atoms with van der Waals surface area (Å²) in [7, 11) is 5.43.